The van der Waals surface area contributed by atoms with Crippen molar-refractivity contribution in [1.82, 2.24) is 4.90 Å². The molecule has 2 N–H and O–H groups in total. The molecule has 0 unspecified atom stereocenters. The molecule has 1 aliphatic heterocycles. The monoisotopic (exact) mass is 236 g/mol. The lowest BCUT2D eigenvalue weighted by atomic mass is 10.1. The Hall–Kier alpha value is -1.91. The van der Waals surface area contributed by atoms with E-state index in [0.717, 1.165) is 0 Å². The van der Waals surface area contributed by atoms with Crippen LogP contribution in [0.5, 0.6) is 0 Å². The maximum absolute atomic E-state index is 13.2. The van der Waals surface area contributed by atoms with Gasteiger partial charge in [-0.1, -0.05) is 6.07 Å². The molecule has 0 saturated carbocycles. The molecule has 1 aromatic carbocycles. The second-order valence-electron chi connectivity index (χ2n) is 4.08. The summed E-state index contributed by atoms with van der Waals surface area (Å²) in [5.74, 6) is -0.920. The molecule has 0 bridgehead atoms. The molecule has 0 radical (unpaired) electrons. The third-order valence-corrected chi connectivity index (χ3v) is 2.79. The number of nitrogens with zero attached hydrogens (tertiary/aromatic N) is 1. The first-order valence-corrected chi connectivity index (χ1v) is 5.45. The molecule has 90 valence electrons. The number of amides is 2. The first kappa shape index (κ1) is 11.6. The number of piperidine rings is 1. The Kier molecular flexibility index (Phi) is 3.08. The minimum absolute atomic E-state index is 0.0602. The van der Waals surface area contributed by atoms with Crippen LogP contribution in [-0.4, -0.2) is 16.7 Å². The van der Waals surface area contributed by atoms with Gasteiger partial charge < -0.3 is 5.73 Å². The van der Waals surface area contributed by atoms with E-state index in [1.165, 1.54) is 17.0 Å². The SMILES string of the molecule is Nc1ccc(CN2C(=O)CCCC2=O)cc1F. The van der Waals surface area contributed by atoms with Crippen molar-refractivity contribution in [2.75, 3.05) is 5.73 Å². The Bertz CT molecular complexity index is 458. The number of nitrogens with two attached hydrogens (primary N) is 1. The van der Waals surface area contributed by atoms with E-state index in [4.69, 9.17) is 5.73 Å². The van der Waals surface area contributed by atoms with Gasteiger partial charge in [-0.2, -0.15) is 0 Å². The number of nitrogen functional groups attached to an aromatic ring is 1. The number of rotatable bonds is 2. The Morgan fingerprint density at radius 3 is 2.47 bits per heavy atom. The fourth-order valence-electron chi connectivity index (χ4n) is 1.83. The molecule has 1 heterocycles. The van der Waals surface area contributed by atoms with Gasteiger partial charge >= 0.3 is 0 Å². The molecule has 0 aliphatic carbocycles. The topological polar surface area (TPSA) is 63.4 Å². The van der Waals surface area contributed by atoms with Gasteiger partial charge in [-0.3, -0.25) is 14.5 Å². The predicted molar refractivity (Wildman–Crippen MR) is 60.2 cm³/mol. The molecule has 0 atom stereocenters. The molecule has 2 rings (SSSR count). The van der Waals surface area contributed by atoms with Gasteiger partial charge in [-0.15, -0.1) is 0 Å². The number of anilines is 1. The molecule has 1 aliphatic rings. The molecule has 0 spiro atoms. The molecule has 2 amide bonds. The Morgan fingerprint density at radius 1 is 1.24 bits per heavy atom. The smallest absolute Gasteiger partial charge is 0.229 e. The maximum Gasteiger partial charge on any atom is 0.229 e. The van der Waals surface area contributed by atoms with Crippen LogP contribution in [-0.2, 0) is 16.1 Å². The highest BCUT2D eigenvalue weighted by Gasteiger charge is 2.25. The molecule has 17 heavy (non-hydrogen) atoms. The van der Waals surface area contributed by atoms with Gasteiger partial charge in [-0.25, -0.2) is 4.39 Å². The van der Waals surface area contributed by atoms with E-state index in [2.05, 4.69) is 0 Å². The van der Waals surface area contributed by atoms with Crippen LogP contribution in [0.25, 0.3) is 0 Å². The molecule has 4 nitrogen and oxygen atoms in total. The van der Waals surface area contributed by atoms with E-state index < -0.39 is 5.82 Å². The lowest BCUT2D eigenvalue weighted by Crippen LogP contribution is -2.39. The van der Waals surface area contributed by atoms with Crippen molar-refractivity contribution in [3.05, 3.63) is 29.6 Å². The van der Waals surface area contributed by atoms with Gasteiger partial charge in [0.05, 0.1) is 12.2 Å². The number of carbonyl (C=O) groups is 2. The van der Waals surface area contributed by atoms with Crippen LogP contribution in [0.4, 0.5) is 10.1 Å². The third kappa shape index (κ3) is 2.43. The van der Waals surface area contributed by atoms with Gasteiger partial charge in [0.1, 0.15) is 5.82 Å². The van der Waals surface area contributed by atoms with Crippen molar-refractivity contribution in [1.29, 1.82) is 0 Å². The average molecular weight is 236 g/mol. The van der Waals surface area contributed by atoms with Crippen molar-refractivity contribution in [3.8, 4) is 0 Å². The number of hydrogen-bond acceptors (Lipinski definition) is 3. The first-order valence-electron chi connectivity index (χ1n) is 5.45. The number of likely N-dealkylation sites (tertiary alicyclic amines) is 1. The number of carbonyl (C=O) groups excluding carboxylic acids is 2. The number of imide groups is 1. The maximum atomic E-state index is 13.2. The summed E-state index contributed by atoms with van der Waals surface area (Å²) in [6.07, 6.45) is 1.36. The second kappa shape index (κ2) is 4.53. The van der Waals surface area contributed by atoms with Crippen LogP contribution < -0.4 is 5.73 Å². The molecular weight excluding hydrogens is 223 g/mol. The Labute approximate surface area is 98.2 Å². The summed E-state index contributed by atoms with van der Waals surface area (Å²) in [6, 6.07) is 4.31. The van der Waals surface area contributed by atoms with Crippen LogP contribution in [0, 0.1) is 5.82 Å². The van der Waals surface area contributed by atoms with Crippen LogP contribution in [0.1, 0.15) is 24.8 Å². The van der Waals surface area contributed by atoms with E-state index >= 15 is 0 Å². The van der Waals surface area contributed by atoms with Gasteiger partial charge in [0.25, 0.3) is 0 Å². The third-order valence-electron chi connectivity index (χ3n) is 2.79. The van der Waals surface area contributed by atoms with Crippen LogP contribution in [0.2, 0.25) is 0 Å². The summed E-state index contributed by atoms with van der Waals surface area (Å²) >= 11 is 0. The van der Waals surface area contributed by atoms with E-state index in [0.29, 0.717) is 24.8 Å². The van der Waals surface area contributed by atoms with E-state index in [1.54, 1.807) is 6.07 Å². The zero-order chi connectivity index (χ0) is 12.4. The molecule has 5 heteroatoms. The number of benzene rings is 1. The van der Waals surface area contributed by atoms with Crippen LogP contribution in [0.3, 0.4) is 0 Å². The molecule has 1 aromatic rings. The van der Waals surface area contributed by atoms with E-state index in [1.807, 2.05) is 0 Å². The minimum Gasteiger partial charge on any atom is -0.396 e. The lowest BCUT2D eigenvalue weighted by Gasteiger charge is -2.24. The summed E-state index contributed by atoms with van der Waals surface area (Å²) in [4.78, 5) is 24.3. The van der Waals surface area contributed by atoms with Crippen molar-refractivity contribution >= 4 is 17.5 Å². The molecule has 1 saturated heterocycles. The minimum atomic E-state index is -0.528. The summed E-state index contributed by atoms with van der Waals surface area (Å²) in [5.41, 5.74) is 5.98. The van der Waals surface area contributed by atoms with E-state index in [9.17, 15) is 14.0 Å². The van der Waals surface area contributed by atoms with Gasteiger partial charge in [0.2, 0.25) is 11.8 Å². The average Bonchev–Trinajstić information content (AvgIpc) is 2.28. The standard InChI is InChI=1S/C12H13FN2O2/c13-9-6-8(4-5-10(9)14)7-15-11(16)2-1-3-12(15)17/h4-6H,1-3,7,14H2. The number of hydrogen-bond donors (Lipinski definition) is 1. The summed E-state index contributed by atoms with van der Waals surface area (Å²) < 4.78 is 13.2. The summed E-state index contributed by atoms with van der Waals surface area (Å²) in [5, 5.41) is 0. The lowest BCUT2D eigenvalue weighted by molar-refractivity contribution is -0.148. The van der Waals surface area contributed by atoms with Crippen molar-refractivity contribution in [3.63, 3.8) is 0 Å². The Morgan fingerprint density at radius 2 is 1.88 bits per heavy atom. The van der Waals surface area contributed by atoms with Crippen molar-refractivity contribution < 1.29 is 14.0 Å². The van der Waals surface area contributed by atoms with Crippen LogP contribution >= 0.6 is 0 Å². The summed E-state index contributed by atoms with van der Waals surface area (Å²) in [6.45, 7) is 0.120. The predicted octanol–water partition coefficient (Wildman–Crippen LogP) is 1.45. The van der Waals surface area contributed by atoms with Gasteiger partial charge in [0, 0.05) is 12.8 Å². The highest BCUT2D eigenvalue weighted by atomic mass is 19.1. The normalized spacial score (nSPS) is 16.4. The highest BCUT2D eigenvalue weighted by molar-refractivity contribution is 5.97. The van der Waals surface area contributed by atoms with Gasteiger partial charge in [-0.05, 0) is 24.1 Å². The number of halogens is 1. The van der Waals surface area contributed by atoms with Gasteiger partial charge in [0.15, 0.2) is 0 Å². The first-order chi connectivity index (χ1) is 8.08. The summed E-state index contributed by atoms with van der Waals surface area (Å²) in [7, 11) is 0. The molecular formula is C12H13FN2O2. The van der Waals surface area contributed by atoms with E-state index in [-0.39, 0.29) is 24.0 Å². The zero-order valence-electron chi connectivity index (χ0n) is 9.28. The quantitative estimate of drug-likeness (QED) is 0.624. The largest absolute Gasteiger partial charge is 0.396 e. The zero-order valence-corrected chi connectivity index (χ0v) is 9.28. The fourth-order valence-corrected chi connectivity index (χ4v) is 1.83. The second-order valence-corrected chi connectivity index (χ2v) is 4.08. The fraction of sp³-hybridized carbons (Fsp3) is 0.333. The highest BCUT2D eigenvalue weighted by Crippen LogP contribution is 2.18. The molecule has 0 aromatic heterocycles. The van der Waals surface area contributed by atoms with Crippen molar-refractivity contribution in [2.45, 2.75) is 25.8 Å². The van der Waals surface area contributed by atoms with Crippen LogP contribution in [0.15, 0.2) is 18.2 Å². The molecule has 1 fully saturated rings. The van der Waals surface area contributed by atoms with Crippen molar-refractivity contribution in [2.24, 2.45) is 0 Å². The Balaban J connectivity index is 2.16.